The number of anilines is 2. The fourth-order valence-corrected chi connectivity index (χ4v) is 2.34. The van der Waals surface area contributed by atoms with E-state index in [9.17, 15) is 0 Å². The highest BCUT2D eigenvalue weighted by Gasteiger charge is 2.21. The van der Waals surface area contributed by atoms with Crippen molar-refractivity contribution in [3.63, 3.8) is 0 Å². The third kappa shape index (κ3) is 2.27. The zero-order valence-corrected chi connectivity index (χ0v) is 9.53. The Balaban J connectivity index is 2.12. The van der Waals surface area contributed by atoms with Crippen molar-refractivity contribution in [1.82, 2.24) is 0 Å². The summed E-state index contributed by atoms with van der Waals surface area (Å²) in [6, 6.07) is 8.14. The SMILES string of the molecule is CC1CCC(Nc2ccc(N)cc2C#N)C1. The molecule has 0 spiro atoms. The number of benzene rings is 1. The monoisotopic (exact) mass is 215 g/mol. The third-order valence-electron chi connectivity index (χ3n) is 3.22. The standard InChI is InChI=1S/C13H17N3/c1-9-2-4-12(6-9)16-13-5-3-11(15)7-10(13)8-14/h3,5,7,9,12,16H,2,4,6,15H2,1H3. The van der Waals surface area contributed by atoms with Crippen LogP contribution in [-0.2, 0) is 0 Å². The summed E-state index contributed by atoms with van der Waals surface area (Å²) in [4.78, 5) is 0. The van der Waals surface area contributed by atoms with E-state index < -0.39 is 0 Å². The first-order valence-corrected chi connectivity index (χ1v) is 5.75. The van der Waals surface area contributed by atoms with Crippen molar-refractivity contribution >= 4 is 11.4 Å². The summed E-state index contributed by atoms with van der Waals surface area (Å²) < 4.78 is 0. The van der Waals surface area contributed by atoms with Gasteiger partial charge in [0.15, 0.2) is 0 Å². The molecule has 1 aliphatic rings. The average Bonchev–Trinajstić information content (AvgIpc) is 2.67. The van der Waals surface area contributed by atoms with Crippen LogP contribution in [0.4, 0.5) is 11.4 Å². The maximum atomic E-state index is 9.02. The molecule has 0 aromatic heterocycles. The number of nitrogens with one attached hydrogen (secondary N) is 1. The average molecular weight is 215 g/mol. The van der Waals surface area contributed by atoms with Crippen molar-refractivity contribution in [1.29, 1.82) is 5.26 Å². The Hall–Kier alpha value is -1.69. The molecule has 1 fully saturated rings. The van der Waals surface area contributed by atoms with Gasteiger partial charge in [0.1, 0.15) is 6.07 Å². The summed E-state index contributed by atoms with van der Waals surface area (Å²) in [7, 11) is 0. The Kier molecular flexibility index (Phi) is 3.00. The molecule has 0 aliphatic heterocycles. The zero-order chi connectivity index (χ0) is 11.5. The van der Waals surface area contributed by atoms with Crippen LogP contribution in [0.5, 0.6) is 0 Å². The Morgan fingerprint density at radius 1 is 1.44 bits per heavy atom. The first kappa shape index (κ1) is 10.8. The number of nitrogen functional groups attached to an aromatic ring is 1. The van der Waals surface area contributed by atoms with Crippen LogP contribution in [0.25, 0.3) is 0 Å². The number of nitrogens with zero attached hydrogens (tertiary/aromatic N) is 1. The minimum atomic E-state index is 0.505. The van der Waals surface area contributed by atoms with Crippen molar-refractivity contribution in [3.8, 4) is 6.07 Å². The summed E-state index contributed by atoms with van der Waals surface area (Å²) in [6.07, 6.45) is 3.65. The van der Waals surface area contributed by atoms with E-state index in [1.165, 1.54) is 19.3 Å². The second-order valence-corrected chi connectivity index (χ2v) is 4.68. The van der Waals surface area contributed by atoms with E-state index in [0.29, 0.717) is 17.3 Å². The van der Waals surface area contributed by atoms with Crippen LogP contribution < -0.4 is 11.1 Å². The second kappa shape index (κ2) is 4.44. The van der Waals surface area contributed by atoms with Gasteiger partial charge in [-0.2, -0.15) is 5.26 Å². The van der Waals surface area contributed by atoms with Crippen LogP contribution in [0.3, 0.4) is 0 Å². The summed E-state index contributed by atoms with van der Waals surface area (Å²) in [5.74, 6) is 0.789. The van der Waals surface area contributed by atoms with Gasteiger partial charge in [-0.15, -0.1) is 0 Å². The number of rotatable bonds is 2. The molecule has 2 unspecified atom stereocenters. The van der Waals surface area contributed by atoms with Gasteiger partial charge >= 0.3 is 0 Å². The van der Waals surface area contributed by atoms with Gasteiger partial charge in [-0.05, 0) is 43.4 Å². The smallest absolute Gasteiger partial charge is 0.101 e. The minimum Gasteiger partial charge on any atom is -0.399 e. The molecular formula is C13H17N3. The molecule has 0 radical (unpaired) electrons. The highest BCUT2D eigenvalue weighted by atomic mass is 14.9. The topological polar surface area (TPSA) is 61.8 Å². The van der Waals surface area contributed by atoms with Gasteiger partial charge in [0.25, 0.3) is 0 Å². The molecule has 0 heterocycles. The first-order chi connectivity index (χ1) is 7.69. The fraction of sp³-hybridized carbons (Fsp3) is 0.462. The molecule has 3 nitrogen and oxygen atoms in total. The molecule has 3 heteroatoms. The Morgan fingerprint density at radius 2 is 2.25 bits per heavy atom. The van der Waals surface area contributed by atoms with E-state index in [4.69, 9.17) is 11.0 Å². The molecule has 1 aromatic rings. The largest absolute Gasteiger partial charge is 0.399 e. The summed E-state index contributed by atoms with van der Waals surface area (Å²) in [5.41, 5.74) is 7.85. The van der Waals surface area contributed by atoms with E-state index in [2.05, 4.69) is 18.3 Å². The molecule has 0 bridgehead atoms. The lowest BCUT2D eigenvalue weighted by Crippen LogP contribution is -2.16. The van der Waals surface area contributed by atoms with Crippen LogP contribution >= 0.6 is 0 Å². The van der Waals surface area contributed by atoms with Crippen LogP contribution in [0, 0.1) is 17.2 Å². The predicted molar refractivity (Wildman–Crippen MR) is 66.0 cm³/mol. The number of nitrogens with two attached hydrogens (primary N) is 1. The van der Waals surface area contributed by atoms with Crippen molar-refractivity contribution in [2.45, 2.75) is 32.2 Å². The van der Waals surface area contributed by atoms with Crippen LogP contribution in [0.15, 0.2) is 18.2 Å². The molecule has 16 heavy (non-hydrogen) atoms. The molecule has 1 aliphatic carbocycles. The molecule has 1 saturated carbocycles. The molecule has 84 valence electrons. The van der Waals surface area contributed by atoms with E-state index in [1.54, 1.807) is 6.07 Å². The molecule has 0 amide bonds. The lowest BCUT2D eigenvalue weighted by atomic mass is 10.1. The van der Waals surface area contributed by atoms with Crippen molar-refractivity contribution in [2.75, 3.05) is 11.1 Å². The minimum absolute atomic E-state index is 0.505. The Morgan fingerprint density at radius 3 is 2.88 bits per heavy atom. The van der Waals surface area contributed by atoms with Gasteiger partial charge < -0.3 is 11.1 Å². The lowest BCUT2D eigenvalue weighted by Gasteiger charge is -2.15. The highest BCUT2D eigenvalue weighted by Crippen LogP contribution is 2.28. The molecular weight excluding hydrogens is 198 g/mol. The van der Waals surface area contributed by atoms with Gasteiger partial charge in [-0.3, -0.25) is 0 Å². The van der Waals surface area contributed by atoms with Crippen LogP contribution in [0.1, 0.15) is 31.7 Å². The highest BCUT2D eigenvalue weighted by molar-refractivity contribution is 5.63. The van der Waals surface area contributed by atoms with Gasteiger partial charge in [0.05, 0.1) is 11.3 Å². The van der Waals surface area contributed by atoms with Gasteiger partial charge in [0, 0.05) is 11.7 Å². The van der Waals surface area contributed by atoms with E-state index >= 15 is 0 Å². The predicted octanol–water partition coefficient (Wildman–Crippen LogP) is 2.74. The van der Waals surface area contributed by atoms with Gasteiger partial charge in [-0.1, -0.05) is 6.92 Å². The van der Waals surface area contributed by atoms with Gasteiger partial charge in [0.2, 0.25) is 0 Å². The van der Waals surface area contributed by atoms with E-state index in [0.717, 1.165) is 11.6 Å². The number of hydrogen-bond acceptors (Lipinski definition) is 3. The van der Waals surface area contributed by atoms with E-state index in [-0.39, 0.29) is 0 Å². The Bertz CT molecular complexity index is 420. The zero-order valence-electron chi connectivity index (χ0n) is 9.53. The molecule has 2 rings (SSSR count). The van der Waals surface area contributed by atoms with E-state index in [1.807, 2.05) is 12.1 Å². The molecule has 0 saturated heterocycles. The van der Waals surface area contributed by atoms with Gasteiger partial charge in [-0.25, -0.2) is 0 Å². The second-order valence-electron chi connectivity index (χ2n) is 4.68. The number of hydrogen-bond donors (Lipinski definition) is 2. The lowest BCUT2D eigenvalue weighted by molar-refractivity contribution is 0.602. The van der Waals surface area contributed by atoms with Crippen molar-refractivity contribution in [2.24, 2.45) is 5.92 Å². The maximum Gasteiger partial charge on any atom is 0.101 e. The maximum absolute atomic E-state index is 9.02. The van der Waals surface area contributed by atoms with Crippen LogP contribution in [-0.4, -0.2) is 6.04 Å². The molecule has 1 aromatic carbocycles. The van der Waals surface area contributed by atoms with Crippen molar-refractivity contribution < 1.29 is 0 Å². The fourth-order valence-electron chi connectivity index (χ4n) is 2.34. The third-order valence-corrected chi connectivity index (χ3v) is 3.22. The normalized spacial score (nSPS) is 24.0. The van der Waals surface area contributed by atoms with Crippen molar-refractivity contribution in [3.05, 3.63) is 23.8 Å². The van der Waals surface area contributed by atoms with Crippen LogP contribution in [0.2, 0.25) is 0 Å². The molecule has 2 atom stereocenters. The quantitative estimate of drug-likeness (QED) is 0.746. The molecule has 3 N–H and O–H groups in total. The Labute approximate surface area is 96.3 Å². The summed E-state index contributed by atoms with van der Waals surface area (Å²) in [5, 5.41) is 12.5. The first-order valence-electron chi connectivity index (χ1n) is 5.75. The number of nitriles is 1. The summed E-state index contributed by atoms with van der Waals surface area (Å²) >= 11 is 0. The summed E-state index contributed by atoms with van der Waals surface area (Å²) in [6.45, 7) is 2.27.